The van der Waals surface area contributed by atoms with Crippen LogP contribution in [0, 0.1) is 5.92 Å². The number of hydrogen-bond acceptors (Lipinski definition) is 3. The average molecular weight is 176 g/mol. The van der Waals surface area contributed by atoms with Gasteiger partial charge in [0.05, 0.1) is 11.0 Å². The normalized spacial score (nSPS) is 35.5. The van der Waals surface area contributed by atoms with Gasteiger partial charge in [0.15, 0.2) is 9.84 Å². The Morgan fingerprint density at radius 1 is 1.45 bits per heavy atom. The zero-order chi connectivity index (χ0) is 8.65. The molecule has 0 saturated carbocycles. The maximum Gasteiger partial charge on any atom is 0.153 e. The first-order valence-electron chi connectivity index (χ1n) is 3.65. The Labute approximate surface area is 66.7 Å². The molecule has 1 heterocycles. The van der Waals surface area contributed by atoms with Crippen LogP contribution in [0.5, 0.6) is 0 Å². The van der Waals surface area contributed by atoms with E-state index in [0.29, 0.717) is 6.42 Å². The highest BCUT2D eigenvalue weighted by Gasteiger charge is 2.37. The number of sulfone groups is 1. The Morgan fingerprint density at radius 3 is 2.18 bits per heavy atom. The van der Waals surface area contributed by atoms with Crippen LogP contribution in [0.25, 0.3) is 0 Å². The first kappa shape index (κ1) is 8.71. The number of carbonyl (C=O) groups is 1. The number of ketones is 1. The fourth-order valence-corrected chi connectivity index (χ4v) is 3.13. The topological polar surface area (TPSA) is 51.2 Å². The summed E-state index contributed by atoms with van der Waals surface area (Å²) < 4.78 is 22.2. The number of Topliss-reactive ketones (excluding diaryl/α,β-unsaturated/α-hetero) is 1. The first-order chi connectivity index (χ1) is 4.93. The third-order valence-corrected chi connectivity index (χ3v) is 4.52. The molecule has 1 saturated heterocycles. The fourth-order valence-electron chi connectivity index (χ4n) is 1.34. The summed E-state index contributed by atoms with van der Waals surface area (Å²) in [5.74, 6) is -0.184. The van der Waals surface area contributed by atoms with E-state index in [1.54, 1.807) is 6.92 Å². The van der Waals surface area contributed by atoms with Crippen molar-refractivity contribution < 1.29 is 13.2 Å². The molecule has 11 heavy (non-hydrogen) atoms. The largest absolute Gasteiger partial charge is 0.300 e. The van der Waals surface area contributed by atoms with E-state index in [4.69, 9.17) is 0 Å². The minimum atomic E-state index is -2.94. The molecule has 64 valence electrons. The van der Waals surface area contributed by atoms with Crippen LogP contribution in [0.1, 0.15) is 20.3 Å². The third kappa shape index (κ3) is 1.61. The first-order valence-corrected chi connectivity index (χ1v) is 5.37. The molecule has 0 bridgehead atoms. The van der Waals surface area contributed by atoms with E-state index in [0.717, 1.165) is 0 Å². The second kappa shape index (κ2) is 2.59. The van der Waals surface area contributed by atoms with E-state index >= 15 is 0 Å². The van der Waals surface area contributed by atoms with Gasteiger partial charge in [-0.3, -0.25) is 4.79 Å². The van der Waals surface area contributed by atoms with Crippen molar-refractivity contribution >= 4 is 15.6 Å². The Morgan fingerprint density at radius 2 is 2.00 bits per heavy atom. The molecule has 2 atom stereocenters. The summed E-state index contributed by atoms with van der Waals surface area (Å²) in [6.45, 7) is 3.12. The summed E-state index contributed by atoms with van der Waals surface area (Å²) in [5, 5.41) is -0.323. The third-order valence-electron chi connectivity index (χ3n) is 2.24. The maximum absolute atomic E-state index is 11.1. The van der Waals surface area contributed by atoms with Crippen LogP contribution in [0.3, 0.4) is 0 Å². The van der Waals surface area contributed by atoms with Crippen LogP contribution >= 0.6 is 0 Å². The number of hydrogen-bond donors (Lipinski definition) is 0. The maximum atomic E-state index is 11.1. The molecule has 0 aromatic heterocycles. The molecular formula is C7H12O3S. The van der Waals surface area contributed by atoms with Gasteiger partial charge in [0.2, 0.25) is 0 Å². The van der Waals surface area contributed by atoms with Gasteiger partial charge in [-0.25, -0.2) is 8.42 Å². The second-order valence-corrected chi connectivity index (χ2v) is 5.65. The van der Waals surface area contributed by atoms with Gasteiger partial charge >= 0.3 is 0 Å². The Balaban J connectivity index is 2.81. The van der Waals surface area contributed by atoms with Crippen molar-refractivity contribution in [2.75, 3.05) is 5.75 Å². The fraction of sp³-hybridized carbons (Fsp3) is 0.857. The minimum absolute atomic E-state index is 0.00192. The van der Waals surface area contributed by atoms with E-state index in [9.17, 15) is 13.2 Å². The van der Waals surface area contributed by atoms with Crippen LogP contribution in [0.2, 0.25) is 0 Å². The molecule has 1 aliphatic rings. The Kier molecular flexibility index (Phi) is 2.05. The zero-order valence-electron chi connectivity index (χ0n) is 6.70. The average Bonchev–Trinajstić information content (AvgIpc) is 2.08. The molecule has 0 spiro atoms. The Hall–Kier alpha value is -0.380. The lowest BCUT2D eigenvalue weighted by atomic mass is 10.0. The molecular weight excluding hydrogens is 164 g/mol. The summed E-state index contributed by atoms with van der Waals surface area (Å²) in [5.41, 5.74) is 0. The summed E-state index contributed by atoms with van der Waals surface area (Å²) >= 11 is 0. The molecule has 2 unspecified atom stereocenters. The van der Waals surface area contributed by atoms with Crippen LogP contribution in [0.15, 0.2) is 0 Å². The predicted molar refractivity (Wildman–Crippen MR) is 42.0 cm³/mol. The summed E-state index contributed by atoms with van der Waals surface area (Å²) in [7, 11) is -2.94. The van der Waals surface area contributed by atoms with E-state index in [2.05, 4.69) is 0 Å². The highest BCUT2D eigenvalue weighted by molar-refractivity contribution is 7.92. The lowest BCUT2D eigenvalue weighted by molar-refractivity contribution is -0.120. The summed E-state index contributed by atoms with van der Waals surface area (Å²) in [6, 6.07) is 0. The van der Waals surface area contributed by atoms with Gasteiger partial charge in [0, 0.05) is 5.92 Å². The number of rotatable bonds is 1. The van der Waals surface area contributed by atoms with E-state index < -0.39 is 9.84 Å². The highest BCUT2D eigenvalue weighted by Crippen LogP contribution is 2.25. The van der Waals surface area contributed by atoms with Gasteiger partial charge < -0.3 is 0 Å². The lowest BCUT2D eigenvalue weighted by Crippen LogP contribution is -2.12. The van der Waals surface area contributed by atoms with E-state index in [1.165, 1.54) is 6.92 Å². The van der Waals surface area contributed by atoms with Crippen molar-refractivity contribution in [2.45, 2.75) is 25.5 Å². The van der Waals surface area contributed by atoms with Crippen molar-refractivity contribution in [3.8, 4) is 0 Å². The molecule has 3 nitrogen and oxygen atoms in total. The molecule has 0 N–H and O–H groups in total. The molecule has 1 rings (SSSR count). The van der Waals surface area contributed by atoms with Crippen molar-refractivity contribution in [1.82, 2.24) is 0 Å². The molecule has 1 fully saturated rings. The number of carbonyl (C=O) groups excluding carboxylic acids is 1. The smallest absolute Gasteiger partial charge is 0.153 e. The van der Waals surface area contributed by atoms with E-state index in [1.807, 2.05) is 0 Å². The van der Waals surface area contributed by atoms with Crippen LogP contribution in [-0.4, -0.2) is 25.2 Å². The Bertz CT molecular complexity index is 265. The monoisotopic (exact) mass is 176 g/mol. The molecule has 1 aliphatic heterocycles. The van der Waals surface area contributed by atoms with Crippen LogP contribution in [0.4, 0.5) is 0 Å². The van der Waals surface area contributed by atoms with Gasteiger partial charge in [-0.05, 0) is 20.3 Å². The summed E-state index contributed by atoms with van der Waals surface area (Å²) in [4.78, 5) is 10.8. The van der Waals surface area contributed by atoms with Crippen molar-refractivity contribution in [2.24, 2.45) is 5.92 Å². The van der Waals surface area contributed by atoms with Crippen molar-refractivity contribution in [1.29, 1.82) is 0 Å². The SMILES string of the molecule is CC(=O)C1CC(C)S(=O)(=O)C1. The minimum Gasteiger partial charge on any atom is -0.300 e. The van der Waals surface area contributed by atoms with E-state index in [-0.39, 0.29) is 22.7 Å². The van der Waals surface area contributed by atoms with Crippen LogP contribution in [-0.2, 0) is 14.6 Å². The van der Waals surface area contributed by atoms with Gasteiger partial charge in [-0.15, -0.1) is 0 Å². The van der Waals surface area contributed by atoms with Crippen LogP contribution < -0.4 is 0 Å². The van der Waals surface area contributed by atoms with Gasteiger partial charge in [0.1, 0.15) is 5.78 Å². The predicted octanol–water partition coefficient (Wildman–Crippen LogP) is 0.399. The standard InChI is InChI=1S/C7H12O3S/c1-5-3-7(6(2)8)4-11(5,9)10/h5,7H,3-4H2,1-2H3. The molecule has 0 aliphatic carbocycles. The van der Waals surface area contributed by atoms with Gasteiger partial charge in [0.25, 0.3) is 0 Å². The lowest BCUT2D eigenvalue weighted by Gasteiger charge is -1.98. The van der Waals surface area contributed by atoms with Gasteiger partial charge in [-0.2, -0.15) is 0 Å². The quantitative estimate of drug-likeness (QED) is 0.581. The van der Waals surface area contributed by atoms with Crippen molar-refractivity contribution in [3.63, 3.8) is 0 Å². The highest BCUT2D eigenvalue weighted by atomic mass is 32.2. The zero-order valence-corrected chi connectivity index (χ0v) is 7.52. The molecule has 0 amide bonds. The summed E-state index contributed by atoms with van der Waals surface area (Å²) in [6.07, 6.45) is 0.512. The second-order valence-electron chi connectivity index (χ2n) is 3.18. The molecule has 0 aromatic carbocycles. The molecule has 4 heteroatoms. The van der Waals surface area contributed by atoms with Crippen molar-refractivity contribution in [3.05, 3.63) is 0 Å². The van der Waals surface area contributed by atoms with Gasteiger partial charge in [-0.1, -0.05) is 0 Å². The molecule has 0 radical (unpaired) electrons. The molecule has 0 aromatic rings.